The van der Waals surface area contributed by atoms with E-state index in [4.69, 9.17) is 0 Å². The molecule has 2 aromatic heterocycles. The summed E-state index contributed by atoms with van der Waals surface area (Å²) in [7, 11) is 0. The number of halogens is 5. The number of aromatic nitrogens is 4. The fourth-order valence-electron chi connectivity index (χ4n) is 1.41. The molecule has 0 amide bonds. The molecule has 0 bridgehead atoms. The third-order valence-electron chi connectivity index (χ3n) is 2.57. The van der Waals surface area contributed by atoms with E-state index < -0.39 is 18.4 Å². The molecule has 0 atom stereocenters. The van der Waals surface area contributed by atoms with Crippen molar-refractivity contribution in [1.29, 1.82) is 0 Å². The van der Waals surface area contributed by atoms with Crippen LogP contribution in [0, 0.1) is 6.92 Å². The molecule has 0 radical (unpaired) electrons. The van der Waals surface area contributed by atoms with Gasteiger partial charge in [0, 0.05) is 17.6 Å². The Kier molecular flexibility index (Phi) is 9.70. The Balaban J connectivity index is 0.000000421. The van der Waals surface area contributed by atoms with Gasteiger partial charge in [-0.2, -0.15) is 13.2 Å². The predicted molar refractivity (Wildman–Crippen MR) is 84.2 cm³/mol. The second-order valence-electron chi connectivity index (χ2n) is 4.84. The minimum atomic E-state index is -4.44. The highest BCUT2D eigenvalue weighted by atomic mass is 19.4. The Morgan fingerprint density at radius 2 is 1.52 bits per heavy atom. The van der Waals surface area contributed by atoms with Crippen LogP contribution in [0.3, 0.4) is 0 Å². The average Bonchev–Trinajstić information content (AvgIpc) is 2.56. The molecule has 0 aliphatic carbocycles. The summed E-state index contributed by atoms with van der Waals surface area (Å²) >= 11 is 0. The van der Waals surface area contributed by atoms with E-state index in [-0.39, 0.29) is 11.6 Å². The zero-order chi connectivity index (χ0) is 19.6. The van der Waals surface area contributed by atoms with Gasteiger partial charge in [-0.3, -0.25) is 0 Å². The van der Waals surface area contributed by atoms with E-state index in [9.17, 15) is 22.0 Å². The van der Waals surface area contributed by atoms with Gasteiger partial charge in [-0.1, -0.05) is 27.7 Å². The van der Waals surface area contributed by atoms with Crippen LogP contribution in [0.1, 0.15) is 62.9 Å². The molecule has 0 aromatic carbocycles. The molecule has 0 saturated heterocycles. The van der Waals surface area contributed by atoms with Crippen LogP contribution < -0.4 is 0 Å². The van der Waals surface area contributed by atoms with Gasteiger partial charge in [0.1, 0.15) is 12.0 Å². The summed E-state index contributed by atoms with van der Waals surface area (Å²) in [4.78, 5) is 13.6. The van der Waals surface area contributed by atoms with Gasteiger partial charge < -0.3 is 0 Å². The van der Waals surface area contributed by atoms with Crippen LogP contribution in [0.15, 0.2) is 24.7 Å². The van der Waals surface area contributed by atoms with Gasteiger partial charge in [0.25, 0.3) is 6.43 Å². The molecular formula is C16H21F5N4. The van der Waals surface area contributed by atoms with Crippen molar-refractivity contribution >= 4 is 0 Å². The number of rotatable bonds is 2. The number of hydrogen-bond acceptors (Lipinski definition) is 4. The number of aryl methyl sites for hydroxylation is 1. The van der Waals surface area contributed by atoms with Gasteiger partial charge in [-0.25, -0.2) is 28.7 Å². The van der Waals surface area contributed by atoms with E-state index in [2.05, 4.69) is 19.9 Å². The zero-order valence-electron chi connectivity index (χ0n) is 14.6. The van der Waals surface area contributed by atoms with Crippen LogP contribution in [0.25, 0.3) is 0 Å². The van der Waals surface area contributed by atoms with Gasteiger partial charge in [-0.05, 0) is 25.0 Å². The Morgan fingerprint density at radius 1 is 0.960 bits per heavy atom. The van der Waals surface area contributed by atoms with E-state index in [1.165, 1.54) is 25.4 Å². The van der Waals surface area contributed by atoms with E-state index in [1.54, 1.807) is 0 Å². The standard InChI is InChI=1S/C8H10F2N2.C6H5F3N2.C2H6/c1-5(2)6-3-7(8(9)10)12-4-11-6;1-4-2-3-10-5(11-4)6(7,8)9;1-2/h3-5,8H,1-2H3;2-3H,1H3;1-2H3. The van der Waals surface area contributed by atoms with Crippen molar-refractivity contribution in [3.63, 3.8) is 0 Å². The Hall–Kier alpha value is -2.19. The lowest BCUT2D eigenvalue weighted by Gasteiger charge is -2.04. The lowest BCUT2D eigenvalue weighted by atomic mass is 10.1. The topological polar surface area (TPSA) is 51.6 Å². The molecule has 140 valence electrons. The van der Waals surface area contributed by atoms with Crippen molar-refractivity contribution in [2.24, 2.45) is 0 Å². The summed E-state index contributed by atoms with van der Waals surface area (Å²) in [5, 5.41) is 0. The van der Waals surface area contributed by atoms with Gasteiger partial charge in [0.2, 0.25) is 5.82 Å². The summed E-state index contributed by atoms with van der Waals surface area (Å²) < 4.78 is 59.8. The van der Waals surface area contributed by atoms with Crippen molar-refractivity contribution < 1.29 is 22.0 Å². The smallest absolute Gasteiger partial charge is 0.241 e. The predicted octanol–water partition coefficient (Wildman–Crippen LogP) is 5.37. The molecule has 2 heterocycles. The van der Waals surface area contributed by atoms with Crippen LogP contribution in [0.4, 0.5) is 22.0 Å². The molecule has 2 rings (SSSR count). The second-order valence-corrected chi connectivity index (χ2v) is 4.84. The summed E-state index contributed by atoms with van der Waals surface area (Å²) in [6, 6.07) is 2.75. The minimum absolute atomic E-state index is 0.158. The summed E-state index contributed by atoms with van der Waals surface area (Å²) in [5.41, 5.74) is 0.765. The van der Waals surface area contributed by atoms with E-state index in [0.717, 1.165) is 6.20 Å². The maximum Gasteiger partial charge on any atom is 0.451 e. The van der Waals surface area contributed by atoms with Crippen molar-refractivity contribution in [3.8, 4) is 0 Å². The fraction of sp³-hybridized carbons (Fsp3) is 0.500. The van der Waals surface area contributed by atoms with Crippen molar-refractivity contribution in [3.05, 3.63) is 47.6 Å². The van der Waals surface area contributed by atoms with E-state index in [1.807, 2.05) is 27.7 Å². The molecule has 0 aliphatic heterocycles. The maximum absolute atomic E-state index is 12.1. The van der Waals surface area contributed by atoms with Gasteiger partial charge in [0.15, 0.2) is 0 Å². The zero-order valence-corrected chi connectivity index (χ0v) is 14.6. The molecule has 0 fully saturated rings. The lowest BCUT2D eigenvalue weighted by molar-refractivity contribution is -0.145. The SMILES string of the molecule is CC.CC(C)c1cc(C(F)F)ncn1.Cc1ccnc(C(F)(F)F)n1. The molecule has 4 nitrogen and oxygen atoms in total. The third kappa shape index (κ3) is 8.46. The van der Waals surface area contributed by atoms with Gasteiger partial charge >= 0.3 is 6.18 Å². The van der Waals surface area contributed by atoms with E-state index in [0.29, 0.717) is 11.4 Å². The third-order valence-corrected chi connectivity index (χ3v) is 2.57. The maximum atomic E-state index is 12.1. The number of alkyl halides is 5. The van der Waals surface area contributed by atoms with Crippen molar-refractivity contribution in [2.75, 3.05) is 0 Å². The monoisotopic (exact) mass is 364 g/mol. The van der Waals surface area contributed by atoms with Crippen LogP contribution in [-0.4, -0.2) is 19.9 Å². The highest BCUT2D eigenvalue weighted by Crippen LogP contribution is 2.25. The average molecular weight is 364 g/mol. The van der Waals surface area contributed by atoms with E-state index >= 15 is 0 Å². The van der Waals surface area contributed by atoms with Crippen molar-refractivity contribution in [1.82, 2.24) is 19.9 Å². The normalized spacial score (nSPS) is 10.7. The van der Waals surface area contributed by atoms with Crippen LogP contribution in [0.5, 0.6) is 0 Å². The molecule has 2 aromatic rings. The Morgan fingerprint density at radius 3 is 1.92 bits per heavy atom. The van der Waals surface area contributed by atoms with Crippen LogP contribution in [-0.2, 0) is 6.18 Å². The molecule has 0 aliphatic rings. The second kappa shape index (κ2) is 10.6. The first kappa shape index (κ1) is 22.8. The first-order valence-corrected chi connectivity index (χ1v) is 7.58. The highest BCUT2D eigenvalue weighted by molar-refractivity contribution is 5.12. The number of nitrogens with zero attached hydrogens (tertiary/aromatic N) is 4. The molecule has 0 unspecified atom stereocenters. The molecular weight excluding hydrogens is 343 g/mol. The first-order valence-electron chi connectivity index (χ1n) is 7.58. The first-order chi connectivity index (χ1) is 11.6. The summed E-state index contributed by atoms with van der Waals surface area (Å²) in [5.74, 6) is -0.928. The molecule has 0 spiro atoms. The molecule has 9 heteroatoms. The minimum Gasteiger partial charge on any atom is -0.241 e. The molecule has 0 N–H and O–H groups in total. The van der Waals surface area contributed by atoms with Gasteiger partial charge in [0.05, 0.1) is 0 Å². The highest BCUT2D eigenvalue weighted by Gasteiger charge is 2.34. The quantitative estimate of drug-likeness (QED) is 0.673. The summed E-state index contributed by atoms with van der Waals surface area (Å²) in [6.45, 7) is 9.28. The van der Waals surface area contributed by atoms with Crippen molar-refractivity contribution in [2.45, 2.75) is 53.1 Å². The lowest BCUT2D eigenvalue weighted by Crippen LogP contribution is -2.10. The molecule has 25 heavy (non-hydrogen) atoms. The van der Waals surface area contributed by atoms with Gasteiger partial charge in [-0.15, -0.1) is 0 Å². The summed E-state index contributed by atoms with van der Waals surface area (Å²) in [6.07, 6.45) is -4.68. The Labute approximate surface area is 143 Å². The Bertz CT molecular complexity index is 607. The number of hydrogen-bond donors (Lipinski definition) is 0. The van der Waals surface area contributed by atoms with Crippen LogP contribution in [0.2, 0.25) is 0 Å². The fourth-order valence-corrected chi connectivity index (χ4v) is 1.41. The largest absolute Gasteiger partial charge is 0.451 e. The molecule has 0 saturated carbocycles. The van der Waals surface area contributed by atoms with Crippen LogP contribution >= 0.6 is 0 Å².